The third kappa shape index (κ3) is 2.84. The van der Waals surface area contributed by atoms with Crippen molar-refractivity contribution < 1.29 is 23.2 Å². The van der Waals surface area contributed by atoms with Gasteiger partial charge in [-0.2, -0.15) is 4.31 Å². The minimum Gasteiger partial charge on any atom is -0.545 e. The molecule has 7 heteroatoms. The van der Waals surface area contributed by atoms with Crippen molar-refractivity contribution in [1.82, 2.24) is 4.31 Å². The Morgan fingerprint density at radius 2 is 1.90 bits per heavy atom. The fraction of sp³-hybridized carbons (Fsp3) is 0.462. The van der Waals surface area contributed by atoms with Gasteiger partial charge in [-0.05, 0) is 24.1 Å². The lowest BCUT2D eigenvalue weighted by Gasteiger charge is -2.29. The molecule has 1 aliphatic heterocycles. The number of aryl methyl sites for hydroxylation is 1. The van der Waals surface area contributed by atoms with E-state index in [2.05, 4.69) is 0 Å². The number of carbonyl (C=O) groups excluding carboxylic acids is 1. The first kappa shape index (κ1) is 15.0. The van der Waals surface area contributed by atoms with Crippen molar-refractivity contribution in [2.24, 2.45) is 0 Å². The Bertz CT molecular complexity index is 619. The van der Waals surface area contributed by atoms with Crippen molar-refractivity contribution in [3.63, 3.8) is 0 Å². The van der Waals surface area contributed by atoms with E-state index in [1.165, 1.54) is 27.4 Å². The number of carboxylic acid groups (broad SMARTS) is 1. The van der Waals surface area contributed by atoms with Gasteiger partial charge >= 0.3 is 0 Å². The SMILES string of the molecule is Cc1ccc(C(=O)[O-])cc1S(=O)(=O)N1CC[NH+](C)CC1. The van der Waals surface area contributed by atoms with Crippen molar-refractivity contribution in [3.05, 3.63) is 29.3 Å². The highest BCUT2D eigenvalue weighted by Gasteiger charge is 2.30. The maximum Gasteiger partial charge on any atom is 0.243 e. The van der Waals surface area contributed by atoms with Gasteiger partial charge in [0.15, 0.2) is 0 Å². The quantitative estimate of drug-likeness (QED) is 0.691. The van der Waals surface area contributed by atoms with E-state index in [4.69, 9.17) is 0 Å². The summed E-state index contributed by atoms with van der Waals surface area (Å²) in [5.41, 5.74) is 0.426. The minimum absolute atomic E-state index is 0.0544. The molecule has 2 rings (SSSR count). The molecule has 1 heterocycles. The highest BCUT2D eigenvalue weighted by molar-refractivity contribution is 7.89. The van der Waals surface area contributed by atoms with Gasteiger partial charge in [0.2, 0.25) is 10.0 Å². The Balaban J connectivity index is 2.38. The van der Waals surface area contributed by atoms with Gasteiger partial charge in [0, 0.05) is 0 Å². The molecule has 0 aromatic heterocycles. The molecule has 1 fully saturated rings. The average molecular weight is 298 g/mol. The first-order chi connectivity index (χ1) is 9.32. The first-order valence-corrected chi connectivity index (χ1v) is 7.90. The maximum absolute atomic E-state index is 12.6. The highest BCUT2D eigenvalue weighted by atomic mass is 32.2. The number of nitrogens with one attached hydrogen (secondary N) is 1. The molecule has 0 aliphatic carbocycles. The minimum atomic E-state index is -3.64. The molecule has 0 amide bonds. The fourth-order valence-corrected chi connectivity index (χ4v) is 3.94. The van der Waals surface area contributed by atoms with Crippen LogP contribution in [0.2, 0.25) is 0 Å². The second kappa shape index (κ2) is 5.51. The Morgan fingerprint density at radius 1 is 1.30 bits per heavy atom. The van der Waals surface area contributed by atoms with Gasteiger partial charge in [-0.15, -0.1) is 0 Å². The normalized spacial score (nSPS) is 18.1. The molecular weight excluding hydrogens is 280 g/mol. The van der Waals surface area contributed by atoms with Crippen LogP contribution in [-0.4, -0.2) is 51.9 Å². The number of aromatic carboxylic acids is 1. The molecule has 0 atom stereocenters. The van der Waals surface area contributed by atoms with Gasteiger partial charge in [0.1, 0.15) is 0 Å². The van der Waals surface area contributed by atoms with E-state index in [-0.39, 0.29) is 10.5 Å². The summed E-state index contributed by atoms with van der Waals surface area (Å²) in [6.07, 6.45) is 0. The van der Waals surface area contributed by atoms with Gasteiger partial charge in [-0.25, -0.2) is 8.42 Å². The number of hydrogen-bond donors (Lipinski definition) is 1. The topological polar surface area (TPSA) is 81.9 Å². The molecule has 0 unspecified atom stereocenters. The van der Waals surface area contributed by atoms with E-state index >= 15 is 0 Å². The number of carboxylic acids is 1. The van der Waals surface area contributed by atoms with E-state index in [0.29, 0.717) is 18.7 Å². The Hall–Kier alpha value is -1.44. The third-order valence-electron chi connectivity index (χ3n) is 3.62. The number of quaternary nitrogens is 1. The standard InChI is InChI=1S/C13H18N2O4S/c1-10-3-4-11(13(16)17)9-12(10)20(18,19)15-7-5-14(2)6-8-15/h3-4,9H,5-8H2,1-2H3,(H,16,17). The van der Waals surface area contributed by atoms with Crippen LogP contribution in [0.15, 0.2) is 23.1 Å². The van der Waals surface area contributed by atoms with Gasteiger partial charge in [0.25, 0.3) is 0 Å². The molecule has 1 aliphatic rings. The maximum atomic E-state index is 12.6. The van der Waals surface area contributed by atoms with Gasteiger partial charge in [0.05, 0.1) is 44.1 Å². The highest BCUT2D eigenvalue weighted by Crippen LogP contribution is 2.21. The first-order valence-electron chi connectivity index (χ1n) is 6.46. The zero-order valence-electron chi connectivity index (χ0n) is 11.5. The van der Waals surface area contributed by atoms with Crippen LogP contribution in [0.5, 0.6) is 0 Å². The molecular formula is C13H18N2O4S. The third-order valence-corrected chi connectivity index (χ3v) is 5.66. The number of piperazine rings is 1. The molecule has 1 saturated heterocycles. The predicted molar refractivity (Wildman–Crippen MR) is 70.9 cm³/mol. The number of likely N-dealkylation sites (N-methyl/N-ethyl adjacent to an activating group) is 1. The van der Waals surface area contributed by atoms with Gasteiger partial charge in [-0.1, -0.05) is 12.1 Å². The van der Waals surface area contributed by atoms with Crippen LogP contribution < -0.4 is 10.0 Å². The van der Waals surface area contributed by atoms with E-state index in [1.54, 1.807) is 6.92 Å². The van der Waals surface area contributed by atoms with Crippen molar-refractivity contribution in [2.45, 2.75) is 11.8 Å². The Morgan fingerprint density at radius 3 is 2.45 bits per heavy atom. The fourth-order valence-electron chi connectivity index (χ4n) is 2.25. The number of nitrogens with zero attached hydrogens (tertiary/aromatic N) is 1. The average Bonchev–Trinajstić information content (AvgIpc) is 2.39. The van der Waals surface area contributed by atoms with Crippen LogP contribution >= 0.6 is 0 Å². The second-order valence-electron chi connectivity index (χ2n) is 5.13. The summed E-state index contributed by atoms with van der Waals surface area (Å²) in [5, 5.41) is 10.9. The zero-order chi connectivity index (χ0) is 14.9. The van der Waals surface area contributed by atoms with Crippen LogP contribution in [0.3, 0.4) is 0 Å². The lowest BCUT2D eigenvalue weighted by molar-refractivity contribution is -0.883. The lowest BCUT2D eigenvalue weighted by Crippen LogP contribution is -3.12. The van der Waals surface area contributed by atoms with E-state index in [9.17, 15) is 18.3 Å². The monoisotopic (exact) mass is 298 g/mol. The van der Waals surface area contributed by atoms with Crippen LogP contribution in [0, 0.1) is 6.92 Å². The molecule has 0 spiro atoms. The van der Waals surface area contributed by atoms with Crippen molar-refractivity contribution in [1.29, 1.82) is 0 Å². The number of rotatable bonds is 3. The summed E-state index contributed by atoms with van der Waals surface area (Å²) in [6, 6.07) is 4.04. The van der Waals surface area contributed by atoms with E-state index in [1.807, 2.05) is 7.05 Å². The molecule has 0 radical (unpaired) electrons. The Labute approximate surface area is 118 Å². The zero-order valence-corrected chi connectivity index (χ0v) is 12.4. The van der Waals surface area contributed by atoms with Crippen molar-refractivity contribution in [2.75, 3.05) is 33.2 Å². The van der Waals surface area contributed by atoms with Crippen molar-refractivity contribution in [3.8, 4) is 0 Å². The number of carbonyl (C=O) groups is 1. The summed E-state index contributed by atoms with van der Waals surface area (Å²) < 4.78 is 26.6. The van der Waals surface area contributed by atoms with Gasteiger partial charge < -0.3 is 14.8 Å². The number of sulfonamides is 1. The number of hydrogen-bond acceptors (Lipinski definition) is 4. The summed E-state index contributed by atoms with van der Waals surface area (Å²) in [5.74, 6) is -1.37. The smallest absolute Gasteiger partial charge is 0.243 e. The summed E-state index contributed by atoms with van der Waals surface area (Å²) in [4.78, 5) is 12.2. The van der Waals surface area contributed by atoms with E-state index in [0.717, 1.165) is 13.1 Å². The summed E-state index contributed by atoms with van der Waals surface area (Å²) >= 11 is 0. The molecule has 6 nitrogen and oxygen atoms in total. The second-order valence-corrected chi connectivity index (χ2v) is 7.04. The van der Waals surface area contributed by atoms with Crippen LogP contribution in [0.4, 0.5) is 0 Å². The van der Waals surface area contributed by atoms with Crippen LogP contribution in [0.25, 0.3) is 0 Å². The largest absolute Gasteiger partial charge is 0.545 e. The number of benzene rings is 1. The van der Waals surface area contributed by atoms with Gasteiger partial charge in [-0.3, -0.25) is 0 Å². The van der Waals surface area contributed by atoms with Crippen LogP contribution in [-0.2, 0) is 10.0 Å². The van der Waals surface area contributed by atoms with E-state index < -0.39 is 16.0 Å². The molecule has 20 heavy (non-hydrogen) atoms. The Kier molecular flexibility index (Phi) is 4.12. The molecule has 0 saturated carbocycles. The predicted octanol–water partition coefficient (Wildman–Crippen LogP) is -2.12. The molecule has 110 valence electrons. The molecule has 1 N–H and O–H groups in total. The molecule has 0 bridgehead atoms. The molecule has 1 aromatic rings. The van der Waals surface area contributed by atoms with Crippen molar-refractivity contribution >= 4 is 16.0 Å². The summed E-state index contributed by atoms with van der Waals surface area (Å²) in [7, 11) is -1.62. The molecule has 1 aromatic carbocycles. The van der Waals surface area contributed by atoms with Crippen LogP contribution in [0.1, 0.15) is 15.9 Å². The lowest BCUT2D eigenvalue weighted by atomic mass is 10.1. The summed E-state index contributed by atoms with van der Waals surface area (Å²) in [6.45, 7) is 4.05.